The summed E-state index contributed by atoms with van der Waals surface area (Å²) in [4.78, 5) is 0. The fourth-order valence-electron chi connectivity index (χ4n) is 3.92. The standard InChI is InChI=1S/C22H24F4O/c1-2-14-3-5-15(6-4-14)16-7-8-18(19(24)11-16)17-12-20(25)22(21(26)13-17)27-10-9-23/h7-8,11-15H,2-6,9-10H2,1H3. The van der Waals surface area contributed by atoms with Crippen LogP contribution in [-0.2, 0) is 0 Å². The first kappa shape index (κ1) is 19.7. The predicted molar refractivity (Wildman–Crippen MR) is 98.2 cm³/mol. The van der Waals surface area contributed by atoms with Crippen LogP contribution in [0.2, 0.25) is 0 Å². The van der Waals surface area contributed by atoms with Crippen molar-refractivity contribution in [3.63, 3.8) is 0 Å². The molecule has 0 amide bonds. The largest absolute Gasteiger partial charge is 0.485 e. The van der Waals surface area contributed by atoms with Crippen molar-refractivity contribution in [3.8, 4) is 16.9 Å². The number of alkyl halides is 1. The summed E-state index contributed by atoms with van der Waals surface area (Å²) < 4.78 is 59.7. The van der Waals surface area contributed by atoms with Gasteiger partial charge in [0.25, 0.3) is 0 Å². The quantitative estimate of drug-likeness (QED) is 0.501. The maximum Gasteiger partial charge on any atom is 0.190 e. The van der Waals surface area contributed by atoms with Crippen molar-refractivity contribution in [1.29, 1.82) is 0 Å². The molecule has 0 spiro atoms. The van der Waals surface area contributed by atoms with Gasteiger partial charge in [-0.3, -0.25) is 0 Å². The van der Waals surface area contributed by atoms with Crippen LogP contribution in [0.4, 0.5) is 17.6 Å². The highest BCUT2D eigenvalue weighted by molar-refractivity contribution is 5.66. The Balaban J connectivity index is 1.82. The molecule has 0 aliphatic heterocycles. The zero-order chi connectivity index (χ0) is 19.4. The average Bonchev–Trinajstić information content (AvgIpc) is 2.67. The summed E-state index contributed by atoms with van der Waals surface area (Å²) in [5, 5.41) is 0. The van der Waals surface area contributed by atoms with Gasteiger partial charge < -0.3 is 4.74 Å². The molecular weight excluding hydrogens is 356 g/mol. The molecule has 0 radical (unpaired) electrons. The second-order valence-electron chi connectivity index (χ2n) is 7.17. The summed E-state index contributed by atoms with van der Waals surface area (Å²) in [5.74, 6) is -1.99. The predicted octanol–water partition coefficient (Wildman–Crippen LogP) is 6.80. The molecule has 0 unspecified atom stereocenters. The van der Waals surface area contributed by atoms with Crippen LogP contribution in [0, 0.1) is 23.4 Å². The minimum Gasteiger partial charge on any atom is -0.485 e. The van der Waals surface area contributed by atoms with Crippen molar-refractivity contribution in [2.75, 3.05) is 13.3 Å². The van der Waals surface area contributed by atoms with Gasteiger partial charge in [-0.05, 0) is 66.8 Å². The van der Waals surface area contributed by atoms with Crippen LogP contribution in [0.1, 0.15) is 50.5 Å². The molecule has 0 N–H and O–H groups in total. The lowest BCUT2D eigenvalue weighted by atomic mass is 9.77. The normalized spacial score (nSPS) is 19.9. The van der Waals surface area contributed by atoms with Crippen molar-refractivity contribution in [2.24, 2.45) is 5.92 Å². The van der Waals surface area contributed by atoms with E-state index in [2.05, 4.69) is 6.92 Å². The number of ether oxygens (including phenoxy) is 1. The van der Waals surface area contributed by atoms with Crippen LogP contribution in [-0.4, -0.2) is 13.3 Å². The van der Waals surface area contributed by atoms with Gasteiger partial charge in [0.1, 0.15) is 19.1 Å². The van der Waals surface area contributed by atoms with Gasteiger partial charge in [0.05, 0.1) is 0 Å². The topological polar surface area (TPSA) is 9.23 Å². The summed E-state index contributed by atoms with van der Waals surface area (Å²) in [6.07, 6.45) is 5.58. The lowest BCUT2D eigenvalue weighted by Gasteiger charge is -2.28. The third-order valence-corrected chi connectivity index (χ3v) is 5.52. The van der Waals surface area contributed by atoms with Gasteiger partial charge in [-0.2, -0.15) is 0 Å². The van der Waals surface area contributed by atoms with Gasteiger partial charge in [-0.1, -0.05) is 25.5 Å². The highest BCUT2D eigenvalue weighted by atomic mass is 19.1. The molecule has 0 bridgehead atoms. The maximum atomic E-state index is 14.7. The van der Waals surface area contributed by atoms with Crippen LogP contribution in [0.15, 0.2) is 30.3 Å². The first-order chi connectivity index (χ1) is 13.0. The molecule has 3 rings (SSSR count). The highest BCUT2D eigenvalue weighted by Crippen LogP contribution is 2.38. The van der Waals surface area contributed by atoms with Gasteiger partial charge in [0.2, 0.25) is 0 Å². The molecule has 1 aliphatic carbocycles. The summed E-state index contributed by atoms with van der Waals surface area (Å²) in [5.41, 5.74) is 1.17. The molecule has 0 atom stereocenters. The Morgan fingerprint density at radius 2 is 1.59 bits per heavy atom. The van der Waals surface area contributed by atoms with Gasteiger partial charge in [-0.15, -0.1) is 0 Å². The van der Waals surface area contributed by atoms with E-state index < -0.39 is 36.5 Å². The molecule has 1 saturated carbocycles. The molecular formula is C22H24F4O. The molecule has 5 heteroatoms. The lowest BCUT2D eigenvalue weighted by Crippen LogP contribution is -2.12. The Hall–Kier alpha value is -2.04. The van der Waals surface area contributed by atoms with Crippen LogP contribution >= 0.6 is 0 Å². The molecule has 1 aliphatic rings. The lowest BCUT2D eigenvalue weighted by molar-refractivity contribution is 0.251. The first-order valence-corrected chi connectivity index (χ1v) is 9.51. The molecule has 0 heterocycles. The Morgan fingerprint density at radius 1 is 0.926 bits per heavy atom. The second-order valence-corrected chi connectivity index (χ2v) is 7.17. The molecule has 1 nitrogen and oxygen atoms in total. The zero-order valence-electron chi connectivity index (χ0n) is 15.4. The average molecular weight is 380 g/mol. The van der Waals surface area contributed by atoms with Gasteiger partial charge in [-0.25, -0.2) is 17.6 Å². The zero-order valence-corrected chi connectivity index (χ0v) is 15.4. The maximum absolute atomic E-state index is 14.7. The number of halogens is 4. The van der Waals surface area contributed by atoms with E-state index in [4.69, 9.17) is 4.74 Å². The number of rotatable bonds is 6. The number of hydrogen-bond acceptors (Lipinski definition) is 1. The van der Waals surface area contributed by atoms with Crippen molar-refractivity contribution < 1.29 is 22.3 Å². The second kappa shape index (κ2) is 8.77. The highest BCUT2D eigenvalue weighted by Gasteiger charge is 2.22. The van der Waals surface area contributed by atoms with Crippen molar-refractivity contribution in [1.82, 2.24) is 0 Å². The van der Waals surface area contributed by atoms with Gasteiger partial charge in [0, 0.05) is 5.56 Å². The number of benzene rings is 2. The fourth-order valence-corrected chi connectivity index (χ4v) is 3.92. The summed E-state index contributed by atoms with van der Waals surface area (Å²) >= 11 is 0. The minimum absolute atomic E-state index is 0.0938. The van der Waals surface area contributed by atoms with Crippen LogP contribution < -0.4 is 4.74 Å². The smallest absolute Gasteiger partial charge is 0.190 e. The molecule has 146 valence electrons. The van der Waals surface area contributed by atoms with E-state index in [0.29, 0.717) is 5.92 Å². The van der Waals surface area contributed by atoms with Crippen molar-refractivity contribution >= 4 is 0 Å². The van der Waals surface area contributed by atoms with E-state index in [9.17, 15) is 17.6 Å². The van der Waals surface area contributed by atoms with Crippen molar-refractivity contribution in [2.45, 2.75) is 44.9 Å². The van der Waals surface area contributed by atoms with E-state index in [0.717, 1.165) is 49.3 Å². The summed E-state index contributed by atoms with van der Waals surface area (Å²) in [6.45, 7) is 0.916. The van der Waals surface area contributed by atoms with Gasteiger partial charge in [0.15, 0.2) is 17.4 Å². The summed E-state index contributed by atoms with van der Waals surface area (Å²) in [6, 6.07) is 6.93. The van der Waals surface area contributed by atoms with E-state index >= 15 is 0 Å². The molecule has 0 aromatic heterocycles. The SMILES string of the molecule is CCC1CCC(c2ccc(-c3cc(F)c(OCCF)c(F)c3)c(F)c2)CC1. The molecule has 1 fully saturated rings. The third-order valence-electron chi connectivity index (χ3n) is 5.52. The Morgan fingerprint density at radius 3 is 2.15 bits per heavy atom. The van der Waals surface area contributed by atoms with Crippen LogP contribution in [0.25, 0.3) is 11.1 Å². The monoisotopic (exact) mass is 380 g/mol. The molecule has 2 aromatic rings. The Kier molecular flexibility index (Phi) is 6.40. The Labute approximate surface area is 157 Å². The fraction of sp³-hybridized carbons (Fsp3) is 0.455. The minimum atomic E-state index is -0.972. The van der Waals surface area contributed by atoms with E-state index in [1.807, 2.05) is 6.07 Å². The van der Waals surface area contributed by atoms with E-state index in [-0.39, 0.29) is 11.1 Å². The van der Waals surface area contributed by atoms with Gasteiger partial charge >= 0.3 is 0 Å². The van der Waals surface area contributed by atoms with E-state index in [1.54, 1.807) is 6.07 Å². The van der Waals surface area contributed by atoms with Crippen molar-refractivity contribution in [3.05, 3.63) is 53.3 Å². The summed E-state index contributed by atoms with van der Waals surface area (Å²) in [7, 11) is 0. The first-order valence-electron chi connectivity index (χ1n) is 9.51. The van der Waals surface area contributed by atoms with Crippen LogP contribution in [0.5, 0.6) is 5.75 Å². The third kappa shape index (κ3) is 4.45. The van der Waals surface area contributed by atoms with Crippen LogP contribution in [0.3, 0.4) is 0 Å². The molecule has 2 aromatic carbocycles. The van der Waals surface area contributed by atoms with E-state index in [1.165, 1.54) is 12.5 Å². The number of hydrogen-bond donors (Lipinski definition) is 0. The molecule has 0 saturated heterocycles. The Bertz CT molecular complexity index is 759. The molecule has 27 heavy (non-hydrogen) atoms.